The zero-order valence-electron chi connectivity index (χ0n) is 19.4. The zero-order valence-corrected chi connectivity index (χ0v) is 20.2. The smallest absolute Gasteiger partial charge is 0.254 e. The van der Waals surface area contributed by atoms with Gasteiger partial charge in [-0.3, -0.25) is 9.59 Å². The van der Waals surface area contributed by atoms with Crippen LogP contribution in [0.3, 0.4) is 0 Å². The van der Waals surface area contributed by atoms with E-state index in [0.717, 1.165) is 29.3 Å². The number of benzene rings is 1. The fourth-order valence-corrected chi connectivity index (χ4v) is 5.27. The molecule has 2 saturated carbocycles. The van der Waals surface area contributed by atoms with Crippen molar-refractivity contribution in [1.29, 1.82) is 0 Å². The first-order chi connectivity index (χ1) is 15.3. The third kappa shape index (κ3) is 5.25. The SMILES string of the molecule is CC1=CC(C)=NC(=O)C1CNC(=O)c1cc(Cl)cc(N(CC2CC2)C2CCCCC2)c1C. The second-order valence-electron chi connectivity index (χ2n) is 9.73. The maximum absolute atomic E-state index is 13.2. The Bertz CT molecular complexity index is 958. The van der Waals surface area contributed by atoms with Crippen LogP contribution in [0.25, 0.3) is 0 Å². The third-order valence-corrected chi connectivity index (χ3v) is 7.32. The van der Waals surface area contributed by atoms with Crippen LogP contribution in [0, 0.1) is 18.8 Å². The van der Waals surface area contributed by atoms with Crippen molar-refractivity contribution in [1.82, 2.24) is 5.32 Å². The summed E-state index contributed by atoms with van der Waals surface area (Å²) in [4.78, 5) is 32.0. The highest BCUT2D eigenvalue weighted by atomic mass is 35.5. The van der Waals surface area contributed by atoms with Gasteiger partial charge in [0, 0.05) is 41.1 Å². The predicted molar refractivity (Wildman–Crippen MR) is 131 cm³/mol. The Labute approximate surface area is 196 Å². The number of nitrogens with one attached hydrogen (secondary N) is 1. The van der Waals surface area contributed by atoms with E-state index in [9.17, 15) is 9.59 Å². The number of amides is 2. The van der Waals surface area contributed by atoms with Gasteiger partial charge in [0.25, 0.3) is 11.8 Å². The Hall–Kier alpha value is -2.14. The number of dihydropyridines is 1. The van der Waals surface area contributed by atoms with Crippen molar-refractivity contribution in [3.63, 3.8) is 0 Å². The number of hydrogen-bond donors (Lipinski definition) is 1. The maximum Gasteiger partial charge on any atom is 0.254 e. The fraction of sp³-hybridized carbons (Fsp3) is 0.577. The van der Waals surface area contributed by atoms with E-state index in [2.05, 4.69) is 15.2 Å². The molecule has 3 aliphatic rings. The predicted octanol–water partition coefficient (Wildman–Crippen LogP) is 5.49. The van der Waals surface area contributed by atoms with Crippen LogP contribution >= 0.6 is 11.6 Å². The van der Waals surface area contributed by atoms with Crippen molar-refractivity contribution >= 4 is 34.8 Å². The monoisotopic (exact) mass is 455 g/mol. The summed E-state index contributed by atoms with van der Waals surface area (Å²) in [5.74, 6) is -0.0359. The zero-order chi connectivity index (χ0) is 22.8. The minimum atomic E-state index is -0.407. The lowest BCUT2D eigenvalue weighted by Crippen LogP contribution is -2.39. The summed E-state index contributed by atoms with van der Waals surface area (Å²) in [6, 6.07) is 4.30. The number of halogens is 1. The molecule has 2 fully saturated rings. The normalized spacial score (nSPS) is 21.8. The van der Waals surface area contributed by atoms with E-state index in [4.69, 9.17) is 11.6 Å². The fourth-order valence-electron chi connectivity index (χ4n) is 5.06. The van der Waals surface area contributed by atoms with Crippen LogP contribution in [-0.4, -0.2) is 36.7 Å². The number of carbonyl (C=O) groups is 2. The second-order valence-corrected chi connectivity index (χ2v) is 10.2. The summed E-state index contributed by atoms with van der Waals surface area (Å²) in [6.45, 7) is 7.04. The average molecular weight is 456 g/mol. The highest BCUT2D eigenvalue weighted by Crippen LogP contribution is 2.38. The lowest BCUT2D eigenvalue weighted by Gasteiger charge is -2.37. The van der Waals surface area contributed by atoms with Crippen molar-refractivity contribution in [2.45, 2.75) is 71.8 Å². The molecular weight excluding hydrogens is 422 g/mol. The van der Waals surface area contributed by atoms with Crippen molar-refractivity contribution in [2.75, 3.05) is 18.0 Å². The lowest BCUT2D eigenvalue weighted by molar-refractivity contribution is -0.120. The van der Waals surface area contributed by atoms with Gasteiger partial charge >= 0.3 is 0 Å². The van der Waals surface area contributed by atoms with Crippen LogP contribution in [-0.2, 0) is 4.79 Å². The first-order valence-electron chi connectivity index (χ1n) is 12.0. The van der Waals surface area contributed by atoms with Crippen LogP contribution in [0.5, 0.6) is 0 Å². The average Bonchev–Trinajstić information content (AvgIpc) is 3.57. The minimum Gasteiger partial charge on any atom is -0.368 e. The van der Waals surface area contributed by atoms with Gasteiger partial charge in [-0.1, -0.05) is 36.4 Å². The summed E-state index contributed by atoms with van der Waals surface area (Å²) >= 11 is 6.52. The molecule has 5 nitrogen and oxygen atoms in total. The van der Waals surface area contributed by atoms with Crippen molar-refractivity contribution in [3.8, 4) is 0 Å². The Balaban J connectivity index is 1.54. The molecular formula is C26H34ClN3O2. The van der Waals surface area contributed by atoms with Gasteiger partial charge in [-0.2, -0.15) is 0 Å². The molecule has 172 valence electrons. The van der Waals surface area contributed by atoms with E-state index in [1.54, 1.807) is 6.07 Å². The van der Waals surface area contributed by atoms with Gasteiger partial charge in [-0.15, -0.1) is 0 Å². The van der Waals surface area contributed by atoms with Gasteiger partial charge < -0.3 is 10.2 Å². The summed E-state index contributed by atoms with van der Waals surface area (Å²) in [5, 5.41) is 3.55. The molecule has 2 amide bonds. The number of hydrogen-bond acceptors (Lipinski definition) is 3. The van der Waals surface area contributed by atoms with E-state index < -0.39 is 5.92 Å². The van der Waals surface area contributed by atoms with Gasteiger partial charge in [0.1, 0.15) is 0 Å². The van der Waals surface area contributed by atoms with Crippen molar-refractivity contribution < 1.29 is 9.59 Å². The second kappa shape index (κ2) is 9.78. The number of carbonyl (C=O) groups excluding carboxylic acids is 2. The van der Waals surface area contributed by atoms with E-state index in [1.165, 1.54) is 44.9 Å². The molecule has 0 saturated heterocycles. The largest absolute Gasteiger partial charge is 0.368 e. The number of rotatable bonds is 7. The first kappa shape index (κ1) is 23.0. The number of nitrogens with zero attached hydrogens (tertiary/aromatic N) is 2. The number of aliphatic imine (C=N–C) groups is 1. The highest BCUT2D eigenvalue weighted by Gasteiger charge is 2.31. The molecule has 6 heteroatoms. The van der Waals surface area contributed by atoms with E-state index in [0.29, 0.717) is 22.3 Å². The molecule has 1 unspecified atom stereocenters. The van der Waals surface area contributed by atoms with Crippen LogP contribution in [0.2, 0.25) is 5.02 Å². The molecule has 32 heavy (non-hydrogen) atoms. The summed E-state index contributed by atoms with van der Waals surface area (Å²) in [6.07, 6.45) is 10.7. The standard InChI is InChI=1S/C26H34ClN3O2/c1-16-11-17(2)29-26(32)23(16)14-28-25(31)22-12-20(27)13-24(18(22)3)30(15-19-9-10-19)21-7-5-4-6-8-21/h11-13,19,21,23H,4-10,14-15H2,1-3H3,(H,28,31). The molecule has 1 aromatic rings. The van der Waals surface area contributed by atoms with Gasteiger partial charge in [-0.25, -0.2) is 4.99 Å². The lowest BCUT2D eigenvalue weighted by atomic mass is 9.92. The summed E-state index contributed by atoms with van der Waals surface area (Å²) < 4.78 is 0. The molecule has 1 N–H and O–H groups in total. The highest BCUT2D eigenvalue weighted by molar-refractivity contribution is 6.31. The summed E-state index contributed by atoms with van der Waals surface area (Å²) in [5.41, 5.74) is 4.29. The molecule has 0 spiro atoms. The van der Waals surface area contributed by atoms with Gasteiger partial charge in [0.2, 0.25) is 0 Å². The van der Waals surface area contributed by atoms with Crippen LogP contribution in [0.4, 0.5) is 5.69 Å². The molecule has 0 radical (unpaired) electrons. The van der Waals surface area contributed by atoms with Crippen LogP contribution in [0.1, 0.15) is 74.7 Å². The molecule has 0 bridgehead atoms. The third-order valence-electron chi connectivity index (χ3n) is 7.10. The quantitative estimate of drug-likeness (QED) is 0.591. The molecule has 2 aliphatic carbocycles. The van der Waals surface area contributed by atoms with E-state index >= 15 is 0 Å². The molecule has 1 aliphatic heterocycles. The van der Waals surface area contributed by atoms with E-state index in [1.807, 2.05) is 32.9 Å². The number of allylic oxidation sites excluding steroid dienone is 1. The molecule has 4 rings (SSSR count). The van der Waals surface area contributed by atoms with Gasteiger partial charge in [0.05, 0.1) is 5.92 Å². The van der Waals surface area contributed by atoms with Crippen molar-refractivity contribution in [2.24, 2.45) is 16.8 Å². The molecule has 1 aromatic carbocycles. The maximum atomic E-state index is 13.2. The molecule has 1 atom stereocenters. The van der Waals surface area contributed by atoms with E-state index in [-0.39, 0.29) is 18.4 Å². The molecule has 1 heterocycles. The van der Waals surface area contributed by atoms with Gasteiger partial charge in [-0.05, 0) is 76.1 Å². The van der Waals surface area contributed by atoms with Crippen molar-refractivity contribution in [3.05, 3.63) is 39.9 Å². The Morgan fingerprint density at radius 2 is 1.84 bits per heavy atom. The summed E-state index contributed by atoms with van der Waals surface area (Å²) in [7, 11) is 0. The number of anilines is 1. The topological polar surface area (TPSA) is 61.8 Å². The first-order valence-corrected chi connectivity index (χ1v) is 12.3. The Morgan fingerprint density at radius 3 is 2.50 bits per heavy atom. The Morgan fingerprint density at radius 1 is 1.12 bits per heavy atom. The van der Waals surface area contributed by atoms with Gasteiger partial charge in [0.15, 0.2) is 0 Å². The van der Waals surface area contributed by atoms with Crippen LogP contribution in [0.15, 0.2) is 28.8 Å². The minimum absolute atomic E-state index is 0.187. The Kier molecular flexibility index (Phi) is 7.04. The molecule has 0 aromatic heterocycles. The van der Waals surface area contributed by atoms with Crippen LogP contribution < -0.4 is 10.2 Å².